The minimum Gasteiger partial charge on any atom is -0.397 e. The number of fused-ring (bicyclic) bond motifs is 1. The van der Waals surface area contributed by atoms with Gasteiger partial charge in [0.05, 0.1) is 22.5 Å². The van der Waals surface area contributed by atoms with Crippen molar-refractivity contribution < 1.29 is 4.79 Å². The molecule has 1 fully saturated rings. The van der Waals surface area contributed by atoms with Gasteiger partial charge in [-0.3, -0.25) is 20.1 Å². The van der Waals surface area contributed by atoms with Crippen molar-refractivity contribution >= 4 is 40.5 Å². The van der Waals surface area contributed by atoms with E-state index < -0.39 is 0 Å². The van der Waals surface area contributed by atoms with Gasteiger partial charge < -0.3 is 20.5 Å². The van der Waals surface area contributed by atoms with E-state index in [0.29, 0.717) is 23.2 Å². The van der Waals surface area contributed by atoms with Crippen LogP contribution in [0.2, 0.25) is 0 Å². The van der Waals surface area contributed by atoms with Gasteiger partial charge in [-0.05, 0) is 51.4 Å². The van der Waals surface area contributed by atoms with E-state index in [2.05, 4.69) is 37.4 Å². The van der Waals surface area contributed by atoms with E-state index in [4.69, 9.17) is 5.73 Å². The second-order valence-electron chi connectivity index (χ2n) is 8.83. The zero-order valence-electron chi connectivity index (χ0n) is 20.6. The highest BCUT2D eigenvalue weighted by atomic mass is 16.1. The Bertz CT molecular complexity index is 1240. The largest absolute Gasteiger partial charge is 0.397 e. The number of hydrogen-bond acceptors (Lipinski definition) is 7. The highest BCUT2D eigenvalue weighted by Crippen LogP contribution is 2.31. The van der Waals surface area contributed by atoms with Crippen molar-refractivity contribution in [1.29, 1.82) is 0 Å². The molecule has 0 radical (unpaired) electrons. The Morgan fingerprint density at radius 2 is 2.00 bits per heavy atom. The summed E-state index contributed by atoms with van der Waals surface area (Å²) in [4.78, 5) is 28.9. The molecule has 0 aliphatic carbocycles. The Morgan fingerprint density at radius 1 is 1.26 bits per heavy atom. The van der Waals surface area contributed by atoms with Crippen molar-refractivity contribution in [3.63, 3.8) is 0 Å². The van der Waals surface area contributed by atoms with Gasteiger partial charge in [0.25, 0.3) is 5.91 Å². The number of nitrogens with one attached hydrogen (secondary N) is 2. The van der Waals surface area contributed by atoms with Crippen molar-refractivity contribution in [2.45, 2.75) is 39.7 Å². The van der Waals surface area contributed by atoms with Gasteiger partial charge in [0.2, 0.25) is 5.95 Å². The second-order valence-corrected chi connectivity index (χ2v) is 8.83. The summed E-state index contributed by atoms with van der Waals surface area (Å²) in [5, 5.41) is 6.46. The highest BCUT2D eigenvalue weighted by molar-refractivity contribution is 6.11. The van der Waals surface area contributed by atoms with Gasteiger partial charge in [-0.15, -0.1) is 0 Å². The van der Waals surface area contributed by atoms with Gasteiger partial charge in [0, 0.05) is 56.4 Å². The van der Waals surface area contributed by atoms with Crippen LogP contribution in [0.25, 0.3) is 11.0 Å². The van der Waals surface area contributed by atoms with E-state index in [0.717, 1.165) is 66.1 Å². The fraction of sp³-hybridized carbons (Fsp3) is 0.440. The molecular weight excluding hydrogens is 428 g/mol. The SMILES string of the molecule is CCNC1CCN(c2ccc(C(=O)Nc3nc4c(C)nc(C)cc4n3C)c(N)c2C=NC)CC1. The number of imidazole rings is 1. The minimum atomic E-state index is -0.304. The molecule has 3 aromatic rings. The standard InChI is InChI=1S/C25H34N8O/c1-6-28-17-9-11-33(12-10-17)20-8-7-18(22(26)19(20)14-27-4)24(34)31-25-30-23-16(3)29-15(2)13-21(23)32(25)5/h7-8,13-14,17,28H,6,9-12,26H2,1-5H3,(H,30,31,34). The van der Waals surface area contributed by atoms with Crippen LogP contribution in [0.4, 0.5) is 17.3 Å². The van der Waals surface area contributed by atoms with E-state index in [-0.39, 0.29) is 5.91 Å². The summed E-state index contributed by atoms with van der Waals surface area (Å²) >= 11 is 0. The van der Waals surface area contributed by atoms with Crippen LogP contribution in [0.3, 0.4) is 0 Å². The third-order valence-corrected chi connectivity index (χ3v) is 6.49. The van der Waals surface area contributed by atoms with Crippen molar-refractivity contribution in [2.24, 2.45) is 12.0 Å². The monoisotopic (exact) mass is 462 g/mol. The summed E-state index contributed by atoms with van der Waals surface area (Å²) in [6, 6.07) is 6.27. The Labute approximate surface area is 200 Å². The van der Waals surface area contributed by atoms with Crippen LogP contribution in [-0.4, -0.2) is 59.4 Å². The lowest BCUT2D eigenvalue weighted by Gasteiger charge is -2.35. The number of aryl methyl sites for hydroxylation is 3. The molecule has 2 aromatic heterocycles. The first kappa shape index (κ1) is 23.7. The molecule has 1 aliphatic rings. The number of aromatic nitrogens is 3. The van der Waals surface area contributed by atoms with E-state index in [1.807, 2.05) is 37.6 Å². The Kier molecular flexibility index (Phi) is 6.83. The summed E-state index contributed by atoms with van der Waals surface area (Å²) in [5.74, 6) is 0.150. The van der Waals surface area contributed by atoms with Crippen molar-refractivity contribution in [3.05, 3.63) is 40.7 Å². The molecule has 0 bridgehead atoms. The summed E-state index contributed by atoms with van der Waals surface area (Å²) < 4.78 is 1.86. The number of amides is 1. The first-order chi connectivity index (χ1) is 16.3. The molecule has 180 valence electrons. The van der Waals surface area contributed by atoms with Crippen LogP contribution >= 0.6 is 0 Å². The summed E-state index contributed by atoms with van der Waals surface area (Å²) in [6.07, 6.45) is 3.88. The van der Waals surface area contributed by atoms with Gasteiger partial charge >= 0.3 is 0 Å². The van der Waals surface area contributed by atoms with Crippen LogP contribution in [0, 0.1) is 13.8 Å². The fourth-order valence-corrected chi connectivity index (χ4v) is 4.75. The molecule has 34 heavy (non-hydrogen) atoms. The lowest BCUT2D eigenvalue weighted by molar-refractivity contribution is 0.102. The van der Waals surface area contributed by atoms with Crippen LogP contribution < -0.4 is 21.3 Å². The molecule has 4 N–H and O–H groups in total. The predicted octanol–water partition coefficient (Wildman–Crippen LogP) is 3.05. The molecule has 1 aliphatic heterocycles. The summed E-state index contributed by atoms with van der Waals surface area (Å²) in [6.45, 7) is 8.84. The third kappa shape index (κ3) is 4.48. The number of pyridine rings is 1. The van der Waals surface area contributed by atoms with Gasteiger partial charge in [-0.2, -0.15) is 0 Å². The molecular formula is C25H34N8O. The van der Waals surface area contributed by atoms with E-state index >= 15 is 0 Å². The number of nitrogens with two attached hydrogens (primary N) is 1. The van der Waals surface area contributed by atoms with Crippen LogP contribution in [0.15, 0.2) is 23.2 Å². The number of nitrogen functional groups attached to an aromatic ring is 1. The second kappa shape index (κ2) is 9.80. The Balaban J connectivity index is 1.62. The maximum atomic E-state index is 13.2. The average molecular weight is 463 g/mol. The van der Waals surface area contributed by atoms with Gasteiger partial charge in [0.1, 0.15) is 5.52 Å². The lowest BCUT2D eigenvalue weighted by Crippen LogP contribution is -2.42. The quantitative estimate of drug-likeness (QED) is 0.383. The molecule has 1 aromatic carbocycles. The average Bonchev–Trinajstić information content (AvgIpc) is 3.11. The number of nitrogens with zero attached hydrogens (tertiary/aromatic N) is 5. The van der Waals surface area contributed by atoms with E-state index in [1.54, 1.807) is 19.3 Å². The molecule has 0 unspecified atom stereocenters. The number of rotatable bonds is 6. The number of hydrogen-bond donors (Lipinski definition) is 3. The normalized spacial score (nSPS) is 14.9. The van der Waals surface area contributed by atoms with Gasteiger partial charge in [0.15, 0.2) is 0 Å². The number of carbonyl (C=O) groups excluding carboxylic acids is 1. The number of piperidine rings is 1. The maximum Gasteiger partial charge on any atom is 0.260 e. The Hall–Kier alpha value is -3.46. The predicted molar refractivity (Wildman–Crippen MR) is 139 cm³/mol. The van der Waals surface area contributed by atoms with Crippen molar-refractivity contribution in [2.75, 3.05) is 42.6 Å². The summed E-state index contributed by atoms with van der Waals surface area (Å²) in [5.41, 5.74) is 12.6. The molecule has 9 heteroatoms. The minimum absolute atomic E-state index is 0.304. The number of aliphatic imine (C=N–C) groups is 1. The highest BCUT2D eigenvalue weighted by Gasteiger charge is 2.24. The molecule has 4 rings (SSSR count). The molecule has 1 amide bonds. The van der Waals surface area contributed by atoms with E-state index in [1.165, 1.54) is 0 Å². The first-order valence-electron chi connectivity index (χ1n) is 11.8. The fourth-order valence-electron chi connectivity index (χ4n) is 4.75. The Morgan fingerprint density at radius 3 is 2.68 bits per heavy atom. The zero-order valence-corrected chi connectivity index (χ0v) is 20.6. The van der Waals surface area contributed by atoms with Crippen LogP contribution in [0.1, 0.15) is 47.1 Å². The summed E-state index contributed by atoms with van der Waals surface area (Å²) in [7, 11) is 3.59. The van der Waals surface area contributed by atoms with Crippen molar-refractivity contribution in [3.8, 4) is 0 Å². The van der Waals surface area contributed by atoms with Crippen LogP contribution in [-0.2, 0) is 7.05 Å². The van der Waals surface area contributed by atoms with Crippen molar-refractivity contribution in [1.82, 2.24) is 19.9 Å². The smallest absolute Gasteiger partial charge is 0.260 e. The molecule has 0 spiro atoms. The topological polar surface area (TPSA) is 113 Å². The number of anilines is 3. The maximum absolute atomic E-state index is 13.2. The molecule has 9 nitrogen and oxygen atoms in total. The van der Waals surface area contributed by atoms with E-state index in [9.17, 15) is 4.79 Å². The molecule has 3 heterocycles. The zero-order chi connectivity index (χ0) is 24.4. The molecule has 0 saturated carbocycles. The van der Waals surface area contributed by atoms with Gasteiger partial charge in [-0.25, -0.2) is 4.98 Å². The first-order valence-corrected chi connectivity index (χ1v) is 11.8. The third-order valence-electron chi connectivity index (χ3n) is 6.49. The number of carbonyl (C=O) groups is 1. The van der Waals surface area contributed by atoms with Gasteiger partial charge in [-0.1, -0.05) is 6.92 Å². The molecule has 0 atom stereocenters. The molecule has 1 saturated heterocycles. The lowest BCUT2D eigenvalue weighted by atomic mass is 10.00. The van der Waals surface area contributed by atoms with Crippen LogP contribution in [0.5, 0.6) is 0 Å². The number of benzene rings is 1.